The van der Waals surface area contributed by atoms with Crippen LogP contribution in [0.15, 0.2) is 0 Å². The molecule has 0 bridgehead atoms. The van der Waals surface area contributed by atoms with Crippen LogP contribution in [-0.4, -0.2) is 64.1 Å². The normalized spacial score (nSPS) is 24.6. The van der Waals surface area contributed by atoms with E-state index in [9.17, 15) is 19.8 Å². The predicted molar refractivity (Wildman–Crippen MR) is 77.1 cm³/mol. The van der Waals surface area contributed by atoms with Crippen molar-refractivity contribution in [3.05, 3.63) is 0 Å². The molecule has 0 aromatic rings. The number of aliphatic hydroxyl groups excluding tert-OH is 1. The molecule has 7 nitrogen and oxygen atoms in total. The first-order chi connectivity index (χ1) is 9.54. The maximum absolute atomic E-state index is 11.8. The first-order valence-electron chi connectivity index (χ1n) is 7.19. The smallest absolute Gasteiger partial charge is 0.408 e. The number of carbonyl (C=O) groups excluding carboxylic acids is 1. The average Bonchev–Trinajstić information content (AvgIpc) is 2.68. The number of aliphatic hydroxyl groups is 1. The van der Waals surface area contributed by atoms with Crippen molar-refractivity contribution in [1.82, 2.24) is 10.2 Å². The summed E-state index contributed by atoms with van der Waals surface area (Å²) in [5, 5.41) is 21.3. The molecule has 1 amide bonds. The first-order valence-corrected chi connectivity index (χ1v) is 7.19. The fourth-order valence-corrected chi connectivity index (χ4v) is 2.28. The molecule has 1 aliphatic rings. The van der Waals surface area contributed by atoms with Gasteiger partial charge in [-0.15, -0.1) is 0 Å². The van der Waals surface area contributed by atoms with Crippen molar-refractivity contribution in [3.8, 4) is 0 Å². The Kier molecular flexibility index (Phi) is 5.58. The van der Waals surface area contributed by atoms with Crippen LogP contribution in [-0.2, 0) is 9.53 Å². The number of carboxylic acids is 1. The van der Waals surface area contributed by atoms with Gasteiger partial charge in [-0.05, 0) is 40.5 Å². The Balaban J connectivity index is 2.65. The molecule has 1 heterocycles. The van der Waals surface area contributed by atoms with Crippen LogP contribution in [0.2, 0.25) is 0 Å². The Labute approximate surface area is 125 Å². The SMILES string of the molecule is CC(O)CCN1CCC(NC(=O)OC(C)(C)C)(C(=O)O)C1. The highest BCUT2D eigenvalue weighted by molar-refractivity contribution is 5.85. The summed E-state index contributed by atoms with van der Waals surface area (Å²) in [6.45, 7) is 8.25. The summed E-state index contributed by atoms with van der Waals surface area (Å²) in [6, 6.07) is 0. The van der Waals surface area contributed by atoms with Crippen LogP contribution >= 0.6 is 0 Å². The van der Waals surface area contributed by atoms with Crippen molar-refractivity contribution in [3.63, 3.8) is 0 Å². The van der Waals surface area contributed by atoms with E-state index in [4.69, 9.17) is 4.74 Å². The Morgan fingerprint density at radius 3 is 2.52 bits per heavy atom. The standard InChI is InChI=1S/C14H26N2O5/c1-10(17)5-7-16-8-6-14(9-16,11(18)19)15-12(20)21-13(2,3)4/h10,17H,5-9H2,1-4H3,(H,15,20)(H,18,19). The molecule has 21 heavy (non-hydrogen) atoms. The number of aliphatic carboxylic acids is 1. The molecule has 2 atom stereocenters. The summed E-state index contributed by atoms with van der Waals surface area (Å²) in [4.78, 5) is 25.3. The number of hydrogen-bond acceptors (Lipinski definition) is 5. The zero-order chi connectivity index (χ0) is 16.3. The molecular formula is C14H26N2O5. The van der Waals surface area contributed by atoms with E-state index >= 15 is 0 Å². The number of ether oxygens (including phenoxy) is 1. The minimum atomic E-state index is -1.32. The highest BCUT2D eigenvalue weighted by atomic mass is 16.6. The third-order valence-corrected chi connectivity index (χ3v) is 3.36. The van der Waals surface area contributed by atoms with E-state index in [1.165, 1.54) is 0 Å². The van der Waals surface area contributed by atoms with E-state index in [-0.39, 0.29) is 6.54 Å². The van der Waals surface area contributed by atoms with Crippen LogP contribution in [0, 0.1) is 0 Å². The average molecular weight is 302 g/mol. The fraction of sp³-hybridized carbons (Fsp3) is 0.857. The van der Waals surface area contributed by atoms with Crippen LogP contribution in [0.1, 0.15) is 40.5 Å². The van der Waals surface area contributed by atoms with Gasteiger partial charge in [0.25, 0.3) is 0 Å². The Morgan fingerprint density at radius 1 is 1.43 bits per heavy atom. The first kappa shape index (κ1) is 17.7. The van der Waals surface area contributed by atoms with E-state index in [1.54, 1.807) is 27.7 Å². The van der Waals surface area contributed by atoms with Gasteiger partial charge in [-0.2, -0.15) is 0 Å². The van der Waals surface area contributed by atoms with Gasteiger partial charge >= 0.3 is 12.1 Å². The van der Waals surface area contributed by atoms with Crippen molar-refractivity contribution in [2.24, 2.45) is 0 Å². The highest BCUT2D eigenvalue weighted by Crippen LogP contribution is 2.23. The van der Waals surface area contributed by atoms with Crippen molar-refractivity contribution < 1.29 is 24.5 Å². The van der Waals surface area contributed by atoms with Crippen LogP contribution < -0.4 is 5.32 Å². The largest absolute Gasteiger partial charge is 0.479 e. The maximum atomic E-state index is 11.8. The third-order valence-electron chi connectivity index (χ3n) is 3.36. The lowest BCUT2D eigenvalue weighted by atomic mass is 9.99. The second kappa shape index (κ2) is 6.62. The van der Waals surface area contributed by atoms with Crippen LogP contribution in [0.3, 0.4) is 0 Å². The van der Waals surface area contributed by atoms with Crippen molar-refractivity contribution in [2.75, 3.05) is 19.6 Å². The highest BCUT2D eigenvalue weighted by Gasteiger charge is 2.46. The van der Waals surface area contributed by atoms with Gasteiger partial charge < -0.3 is 25.2 Å². The number of carboxylic acid groups (broad SMARTS) is 1. The van der Waals surface area contributed by atoms with Gasteiger partial charge in [0.2, 0.25) is 0 Å². The molecule has 122 valence electrons. The number of alkyl carbamates (subject to hydrolysis) is 1. The van der Waals surface area contributed by atoms with E-state index < -0.39 is 29.3 Å². The summed E-state index contributed by atoms with van der Waals surface area (Å²) in [6.07, 6.45) is -0.255. The van der Waals surface area contributed by atoms with Gasteiger partial charge in [-0.3, -0.25) is 0 Å². The molecule has 0 radical (unpaired) electrons. The number of nitrogens with one attached hydrogen (secondary N) is 1. The second-order valence-electron chi connectivity index (χ2n) is 6.68. The Morgan fingerprint density at radius 2 is 2.05 bits per heavy atom. The van der Waals surface area contributed by atoms with E-state index in [1.807, 2.05) is 4.90 Å². The topological polar surface area (TPSA) is 99.1 Å². The summed E-state index contributed by atoms with van der Waals surface area (Å²) in [5.74, 6) is -1.06. The molecule has 2 unspecified atom stereocenters. The second-order valence-corrected chi connectivity index (χ2v) is 6.68. The quantitative estimate of drug-likeness (QED) is 0.695. The molecule has 0 spiro atoms. The number of rotatable bonds is 5. The lowest BCUT2D eigenvalue weighted by molar-refractivity contribution is -0.144. The molecule has 0 saturated carbocycles. The van der Waals surface area contributed by atoms with Gasteiger partial charge in [-0.25, -0.2) is 9.59 Å². The third kappa shape index (κ3) is 5.51. The summed E-state index contributed by atoms with van der Waals surface area (Å²) in [5.41, 5.74) is -1.99. The number of nitrogens with zero attached hydrogens (tertiary/aromatic N) is 1. The van der Waals surface area contributed by atoms with E-state index in [0.717, 1.165) is 0 Å². The molecule has 0 aromatic heterocycles. The van der Waals surface area contributed by atoms with E-state index in [0.29, 0.717) is 25.9 Å². The molecule has 0 aromatic carbocycles. The molecular weight excluding hydrogens is 276 g/mol. The molecule has 0 aliphatic carbocycles. The molecule has 1 saturated heterocycles. The molecule has 3 N–H and O–H groups in total. The summed E-state index contributed by atoms with van der Waals surface area (Å²) < 4.78 is 5.14. The lowest BCUT2D eigenvalue weighted by Crippen LogP contribution is -2.57. The Hall–Kier alpha value is -1.34. The minimum Gasteiger partial charge on any atom is -0.479 e. The fourth-order valence-electron chi connectivity index (χ4n) is 2.28. The maximum Gasteiger partial charge on any atom is 0.408 e. The van der Waals surface area contributed by atoms with Gasteiger partial charge in [-0.1, -0.05) is 0 Å². The van der Waals surface area contributed by atoms with E-state index in [2.05, 4.69) is 5.32 Å². The van der Waals surface area contributed by atoms with Crippen LogP contribution in [0.4, 0.5) is 4.79 Å². The lowest BCUT2D eigenvalue weighted by Gasteiger charge is -2.28. The van der Waals surface area contributed by atoms with Gasteiger partial charge in [0.15, 0.2) is 5.54 Å². The molecule has 1 fully saturated rings. The number of amides is 1. The molecule has 1 aliphatic heterocycles. The van der Waals surface area contributed by atoms with Crippen molar-refractivity contribution in [2.45, 2.75) is 57.8 Å². The predicted octanol–water partition coefficient (Wildman–Crippen LogP) is 0.811. The van der Waals surface area contributed by atoms with Gasteiger partial charge in [0.05, 0.1) is 6.10 Å². The monoisotopic (exact) mass is 302 g/mol. The van der Waals surface area contributed by atoms with Gasteiger partial charge in [0.1, 0.15) is 5.60 Å². The zero-order valence-corrected chi connectivity index (χ0v) is 13.2. The van der Waals surface area contributed by atoms with Gasteiger partial charge in [0, 0.05) is 19.6 Å². The zero-order valence-electron chi connectivity index (χ0n) is 13.2. The summed E-state index contributed by atoms with van der Waals surface area (Å²) in [7, 11) is 0. The van der Waals surface area contributed by atoms with Crippen molar-refractivity contribution >= 4 is 12.1 Å². The van der Waals surface area contributed by atoms with Crippen LogP contribution in [0.25, 0.3) is 0 Å². The number of likely N-dealkylation sites (tertiary alicyclic amines) is 1. The summed E-state index contributed by atoms with van der Waals surface area (Å²) >= 11 is 0. The number of carbonyl (C=O) groups is 2. The minimum absolute atomic E-state index is 0.217. The molecule has 7 heteroatoms. The Bertz CT molecular complexity index is 391. The number of hydrogen-bond donors (Lipinski definition) is 3. The van der Waals surface area contributed by atoms with Crippen LogP contribution in [0.5, 0.6) is 0 Å². The van der Waals surface area contributed by atoms with Crippen molar-refractivity contribution in [1.29, 1.82) is 0 Å². The molecule has 1 rings (SSSR count).